The smallest absolute Gasteiger partial charge is 0.331 e. The van der Waals surface area contributed by atoms with Gasteiger partial charge in [-0.05, 0) is 12.8 Å². The van der Waals surface area contributed by atoms with Gasteiger partial charge in [0.1, 0.15) is 6.61 Å². The van der Waals surface area contributed by atoms with E-state index < -0.39 is 11.9 Å². The molecule has 1 rings (SSSR count). The number of ether oxygens (including phenoxy) is 2. The van der Waals surface area contributed by atoms with Crippen LogP contribution in [-0.4, -0.2) is 49.6 Å². The topological polar surface area (TPSA) is 72.9 Å². The number of methoxy groups -OCH3 is 1. The molecule has 0 radical (unpaired) electrons. The largest absolute Gasteiger partial charge is 0.466 e. The van der Waals surface area contributed by atoms with Crippen molar-refractivity contribution in [2.24, 2.45) is 0 Å². The third kappa shape index (κ3) is 6.03. The van der Waals surface area contributed by atoms with Crippen molar-refractivity contribution in [3.05, 3.63) is 12.2 Å². The summed E-state index contributed by atoms with van der Waals surface area (Å²) in [5, 5.41) is 0. The molecule has 0 atom stereocenters. The van der Waals surface area contributed by atoms with Crippen molar-refractivity contribution < 1.29 is 23.9 Å². The Morgan fingerprint density at radius 1 is 1.21 bits per heavy atom. The average molecular weight is 269 g/mol. The van der Waals surface area contributed by atoms with E-state index in [1.165, 1.54) is 7.11 Å². The van der Waals surface area contributed by atoms with E-state index in [4.69, 9.17) is 4.74 Å². The molecular weight excluding hydrogens is 250 g/mol. The summed E-state index contributed by atoms with van der Waals surface area (Å²) in [4.78, 5) is 35.3. The molecule has 0 aromatic rings. The van der Waals surface area contributed by atoms with Crippen LogP contribution in [0.25, 0.3) is 0 Å². The molecule has 106 valence electrons. The molecule has 0 aromatic heterocycles. The van der Waals surface area contributed by atoms with Gasteiger partial charge in [0, 0.05) is 25.1 Å². The molecule has 0 bridgehead atoms. The lowest BCUT2D eigenvalue weighted by Crippen LogP contribution is -2.33. The highest BCUT2D eigenvalue weighted by Gasteiger charge is 2.16. The molecule has 1 saturated heterocycles. The van der Waals surface area contributed by atoms with Crippen LogP contribution >= 0.6 is 0 Å². The van der Waals surface area contributed by atoms with Crippen LogP contribution in [0.1, 0.15) is 25.7 Å². The van der Waals surface area contributed by atoms with Crippen LogP contribution in [0.3, 0.4) is 0 Å². The second kappa shape index (κ2) is 8.29. The van der Waals surface area contributed by atoms with E-state index >= 15 is 0 Å². The Kier molecular flexibility index (Phi) is 6.63. The predicted molar refractivity (Wildman–Crippen MR) is 67.2 cm³/mol. The summed E-state index contributed by atoms with van der Waals surface area (Å²) in [5.74, 6) is -1.12. The van der Waals surface area contributed by atoms with Gasteiger partial charge in [0.25, 0.3) is 0 Å². The summed E-state index contributed by atoms with van der Waals surface area (Å²) >= 11 is 0. The second-order valence-corrected chi connectivity index (χ2v) is 4.22. The van der Waals surface area contributed by atoms with Gasteiger partial charge in [0.05, 0.1) is 13.7 Å². The van der Waals surface area contributed by atoms with Gasteiger partial charge in [-0.3, -0.25) is 4.79 Å². The minimum absolute atomic E-state index is 0.110. The molecule has 0 aliphatic carbocycles. The van der Waals surface area contributed by atoms with Crippen LogP contribution in [0.4, 0.5) is 0 Å². The first-order chi connectivity index (χ1) is 9.13. The van der Waals surface area contributed by atoms with E-state index in [0.717, 1.165) is 31.4 Å². The maximum absolute atomic E-state index is 11.7. The van der Waals surface area contributed by atoms with Crippen LogP contribution in [0, 0.1) is 0 Å². The van der Waals surface area contributed by atoms with Crippen LogP contribution in [0.15, 0.2) is 12.2 Å². The highest BCUT2D eigenvalue weighted by molar-refractivity contribution is 5.91. The van der Waals surface area contributed by atoms with Crippen LogP contribution < -0.4 is 0 Å². The standard InChI is InChI=1S/C13H19NO5/c1-18-12(16)6-7-13(17)19-10-9-14-8-4-2-3-5-11(14)15/h6-7H,2-5,8-10H2,1H3. The quantitative estimate of drug-likeness (QED) is 0.541. The lowest BCUT2D eigenvalue weighted by Gasteiger charge is -2.19. The lowest BCUT2D eigenvalue weighted by atomic mass is 10.2. The predicted octanol–water partition coefficient (Wildman–Crippen LogP) is 0.661. The SMILES string of the molecule is COC(=O)C=CC(=O)OCCN1CCCCCC1=O. The molecule has 0 aromatic carbocycles. The summed E-state index contributed by atoms with van der Waals surface area (Å²) in [5.41, 5.74) is 0. The van der Waals surface area contributed by atoms with Crippen molar-refractivity contribution >= 4 is 17.8 Å². The van der Waals surface area contributed by atoms with E-state index in [1.54, 1.807) is 4.90 Å². The Morgan fingerprint density at radius 3 is 2.68 bits per heavy atom. The van der Waals surface area contributed by atoms with Crippen molar-refractivity contribution in [3.8, 4) is 0 Å². The zero-order chi connectivity index (χ0) is 14.1. The molecule has 0 saturated carbocycles. The Hall–Kier alpha value is -1.85. The van der Waals surface area contributed by atoms with Crippen molar-refractivity contribution in [3.63, 3.8) is 0 Å². The van der Waals surface area contributed by atoms with E-state index in [9.17, 15) is 14.4 Å². The fourth-order valence-electron chi connectivity index (χ4n) is 1.78. The second-order valence-electron chi connectivity index (χ2n) is 4.22. The number of esters is 2. The highest BCUT2D eigenvalue weighted by atomic mass is 16.5. The zero-order valence-corrected chi connectivity index (χ0v) is 11.1. The normalized spacial score (nSPS) is 16.3. The number of hydrogen-bond donors (Lipinski definition) is 0. The minimum atomic E-state index is -0.618. The third-order valence-corrected chi connectivity index (χ3v) is 2.83. The van der Waals surface area contributed by atoms with Gasteiger partial charge in [-0.25, -0.2) is 9.59 Å². The molecule has 1 aliphatic rings. The molecule has 0 spiro atoms. The molecular formula is C13H19NO5. The first kappa shape index (κ1) is 15.2. The Labute approximate surface area is 112 Å². The number of likely N-dealkylation sites (tertiary alicyclic amines) is 1. The van der Waals surface area contributed by atoms with Gasteiger partial charge < -0.3 is 14.4 Å². The maximum Gasteiger partial charge on any atom is 0.331 e. The Morgan fingerprint density at radius 2 is 1.95 bits per heavy atom. The Bertz CT molecular complexity index is 364. The maximum atomic E-state index is 11.7. The average Bonchev–Trinajstić information content (AvgIpc) is 2.61. The zero-order valence-electron chi connectivity index (χ0n) is 11.1. The summed E-state index contributed by atoms with van der Waals surface area (Å²) in [6.07, 6.45) is 5.55. The summed E-state index contributed by atoms with van der Waals surface area (Å²) in [7, 11) is 1.23. The van der Waals surface area contributed by atoms with E-state index in [2.05, 4.69) is 4.74 Å². The summed E-state index contributed by atoms with van der Waals surface area (Å²) < 4.78 is 9.24. The fourth-order valence-corrected chi connectivity index (χ4v) is 1.78. The molecule has 0 N–H and O–H groups in total. The number of nitrogens with zero attached hydrogens (tertiary/aromatic N) is 1. The minimum Gasteiger partial charge on any atom is -0.466 e. The molecule has 1 heterocycles. The monoisotopic (exact) mass is 269 g/mol. The third-order valence-electron chi connectivity index (χ3n) is 2.83. The number of carbonyl (C=O) groups excluding carboxylic acids is 3. The fraction of sp³-hybridized carbons (Fsp3) is 0.615. The van der Waals surface area contributed by atoms with E-state index in [1.807, 2.05) is 0 Å². The van der Waals surface area contributed by atoms with Crippen LogP contribution in [-0.2, 0) is 23.9 Å². The summed E-state index contributed by atoms with van der Waals surface area (Å²) in [6.45, 7) is 1.25. The van der Waals surface area contributed by atoms with Gasteiger partial charge in [0.15, 0.2) is 0 Å². The highest BCUT2D eigenvalue weighted by Crippen LogP contribution is 2.10. The first-order valence-corrected chi connectivity index (χ1v) is 6.34. The molecule has 0 unspecified atom stereocenters. The van der Waals surface area contributed by atoms with Crippen molar-refractivity contribution in [2.75, 3.05) is 26.8 Å². The van der Waals surface area contributed by atoms with Crippen molar-refractivity contribution in [1.29, 1.82) is 0 Å². The van der Waals surface area contributed by atoms with Gasteiger partial charge in [-0.1, -0.05) is 6.42 Å². The van der Waals surface area contributed by atoms with E-state index in [0.29, 0.717) is 19.5 Å². The Balaban J connectivity index is 2.25. The molecule has 1 aliphatic heterocycles. The number of hydrogen-bond acceptors (Lipinski definition) is 5. The lowest BCUT2D eigenvalue weighted by molar-refractivity contribution is -0.141. The van der Waals surface area contributed by atoms with Gasteiger partial charge in [-0.15, -0.1) is 0 Å². The van der Waals surface area contributed by atoms with Gasteiger partial charge in [0.2, 0.25) is 5.91 Å². The molecule has 19 heavy (non-hydrogen) atoms. The molecule has 6 heteroatoms. The van der Waals surface area contributed by atoms with Gasteiger partial charge in [-0.2, -0.15) is 0 Å². The number of rotatable bonds is 5. The first-order valence-electron chi connectivity index (χ1n) is 6.34. The molecule has 1 fully saturated rings. The summed E-state index contributed by atoms with van der Waals surface area (Å²) in [6, 6.07) is 0. The number of amides is 1. The van der Waals surface area contributed by atoms with Crippen molar-refractivity contribution in [2.45, 2.75) is 25.7 Å². The molecule has 6 nitrogen and oxygen atoms in total. The van der Waals surface area contributed by atoms with Crippen molar-refractivity contribution in [1.82, 2.24) is 4.90 Å². The number of carbonyl (C=O) groups is 3. The van der Waals surface area contributed by atoms with Gasteiger partial charge >= 0.3 is 11.9 Å². The van der Waals surface area contributed by atoms with E-state index in [-0.39, 0.29) is 12.5 Å². The molecule has 1 amide bonds. The van der Waals surface area contributed by atoms with Crippen LogP contribution in [0.2, 0.25) is 0 Å². The van der Waals surface area contributed by atoms with Crippen LogP contribution in [0.5, 0.6) is 0 Å².